The van der Waals surface area contributed by atoms with Gasteiger partial charge in [-0.3, -0.25) is 0 Å². The number of ether oxygens (including phenoxy) is 2. The third-order valence-electron chi connectivity index (χ3n) is 5.77. The Kier molecular flexibility index (Phi) is 7.30. The molecule has 2 aromatic carbocycles. The number of fused-ring (bicyclic) bond motifs is 1. The van der Waals surface area contributed by atoms with Crippen molar-refractivity contribution in [1.29, 1.82) is 0 Å². The monoisotopic (exact) mass is 459 g/mol. The van der Waals surface area contributed by atoms with Crippen LogP contribution in [0.3, 0.4) is 0 Å². The van der Waals surface area contributed by atoms with Crippen LogP contribution in [-0.4, -0.2) is 42.4 Å². The van der Waals surface area contributed by atoms with Crippen molar-refractivity contribution in [3.63, 3.8) is 0 Å². The number of hydrogen-bond donors (Lipinski definition) is 3. The van der Waals surface area contributed by atoms with Gasteiger partial charge in [-0.25, -0.2) is 9.59 Å². The minimum absolute atomic E-state index is 0.153. The fourth-order valence-electron chi connectivity index (χ4n) is 3.96. The average molecular weight is 460 g/mol. The van der Waals surface area contributed by atoms with Gasteiger partial charge in [0, 0.05) is 29.5 Å². The first-order chi connectivity index (χ1) is 15.2. The van der Waals surface area contributed by atoms with Crippen molar-refractivity contribution in [3.8, 4) is 11.5 Å². The topological polar surface area (TPSA) is 105 Å². The Hall–Kier alpha value is -3.19. The zero-order valence-electron chi connectivity index (χ0n) is 18.0. The number of benzene rings is 2. The van der Waals surface area contributed by atoms with E-state index in [1.165, 1.54) is 0 Å². The standard InChI is InChI=1S/C24H26ClNO6/c1-24(17(23(29)30)13-21(27)28)11-9-16-18(25)7-8-20(22(16)26-14-24)32-12-10-15-5-3-4-6-19(15)31-2/h3-8,13,26H,9-12,14H2,1-2H3,(H,27,28)(H,29,30). The molecule has 0 aromatic heterocycles. The lowest BCUT2D eigenvalue weighted by Gasteiger charge is -2.28. The van der Waals surface area contributed by atoms with Gasteiger partial charge in [-0.1, -0.05) is 36.7 Å². The molecule has 32 heavy (non-hydrogen) atoms. The number of aliphatic carboxylic acids is 2. The summed E-state index contributed by atoms with van der Waals surface area (Å²) in [7, 11) is 1.63. The molecule has 1 aliphatic rings. The van der Waals surface area contributed by atoms with Gasteiger partial charge in [0.2, 0.25) is 0 Å². The molecule has 0 aliphatic carbocycles. The molecule has 3 rings (SSSR count). The van der Waals surface area contributed by atoms with E-state index in [0.29, 0.717) is 42.3 Å². The van der Waals surface area contributed by atoms with Gasteiger partial charge in [0.15, 0.2) is 0 Å². The summed E-state index contributed by atoms with van der Waals surface area (Å²) < 4.78 is 11.4. The molecule has 1 aliphatic heterocycles. The van der Waals surface area contributed by atoms with Gasteiger partial charge in [0.25, 0.3) is 0 Å². The van der Waals surface area contributed by atoms with E-state index < -0.39 is 17.4 Å². The molecule has 0 spiro atoms. The summed E-state index contributed by atoms with van der Waals surface area (Å²) in [4.78, 5) is 22.9. The van der Waals surface area contributed by atoms with E-state index >= 15 is 0 Å². The highest BCUT2D eigenvalue weighted by Gasteiger charge is 2.37. The molecule has 2 aromatic rings. The maximum absolute atomic E-state index is 11.8. The molecule has 0 fully saturated rings. The smallest absolute Gasteiger partial charge is 0.332 e. The van der Waals surface area contributed by atoms with Crippen LogP contribution < -0.4 is 14.8 Å². The molecule has 1 atom stereocenters. The summed E-state index contributed by atoms with van der Waals surface area (Å²) in [6, 6.07) is 11.3. The van der Waals surface area contributed by atoms with Crippen LogP contribution in [0.5, 0.6) is 11.5 Å². The molecule has 1 unspecified atom stereocenters. The lowest BCUT2D eigenvalue weighted by molar-refractivity contribution is -0.136. The minimum Gasteiger partial charge on any atom is -0.496 e. The van der Waals surface area contributed by atoms with E-state index in [1.807, 2.05) is 24.3 Å². The van der Waals surface area contributed by atoms with E-state index in [-0.39, 0.29) is 12.1 Å². The van der Waals surface area contributed by atoms with E-state index in [1.54, 1.807) is 26.2 Å². The van der Waals surface area contributed by atoms with Crippen LogP contribution >= 0.6 is 11.6 Å². The van der Waals surface area contributed by atoms with E-state index in [2.05, 4.69) is 5.32 Å². The van der Waals surface area contributed by atoms with Gasteiger partial charge < -0.3 is 25.0 Å². The molecule has 3 N–H and O–H groups in total. The van der Waals surface area contributed by atoms with Gasteiger partial charge >= 0.3 is 11.9 Å². The number of rotatable bonds is 8. The van der Waals surface area contributed by atoms with Crippen LogP contribution in [0.1, 0.15) is 24.5 Å². The lowest BCUT2D eigenvalue weighted by Crippen LogP contribution is -2.32. The molecule has 0 saturated carbocycles. The van der Waals surface area contributed by atoms with E-state index in [0.717, 1.165) is 23.0 Å². The van der Waals surface area contributed by atoms with Crippen LogP contribution in [-0.2, 0) is 22.4 Å². The zero-order valence-corrected chi connectivity index (χ0v) is 18.7. The van der Waals surface area contributed by atoms with Crippen molar-refractivity contribution in [2.45, 2.75) is 26.2 Å². The van der Waals surface area contributed by atoms with Crippen molar-refractivity contribution in [2.24, 2.45) is 5.41 Å². The normalized spacial score (nSPS) is 18.2. The Labute approximate surface area is 191 Å². The second-order valence-electron chi connectivity index (χ2n) is 7.93. The number of nitrogens with one attached hydrogen (secondary N) is 1. The molecule has 0 amide bonds. The number of halogens is 1. The number of carboxylic acids is 2. The Morgan fingerprint density at radius 1 is 1.19 bits per heavy atom. The predicted octanol–water partition coefficient (Wildman–Crippen LogP) is 4.43. The number of para-hydroxylation sites is 1. The van der Waals surface area contributed by atoms with Crippen LogP contribution in [0.25, 0.3) is 0 Å². The summed E-state index contributed by atoms with van der Waals surface area (Å²) >= 11 is 6.44. The highest BCUT2D eigenvalue weighted by molar-refractivity contribution is 6.31. The first-order valence-corrected chi connectivity index (χ1v) is 10.6. The Balaban J connectivity index is 1.81. The maximum atomic E-state index is 11.8. The summed E-state index contributed by atoms with van der Waals surface area (Å²) in [6.45, 7) is 2.38. The molecular weight excluding hydrogens is 434 g/mol. The first-order valence-electron chi connectivity index (χ1n) is 10.2. The summed E-state index contributed by atoms with van der Waals surface area (Å²) in [5.41, 5.74) is 1.51. The second kappa shape index (κ2) is 9.96. The summed E-state index contributed by atoms with van der Waals surface area (Å²) in [5, 5.41) is 22.6. The summed E-state index contributed by atoms with van der Waals surface area (Å²) in [6.07, 6.45) is 2.31. The van der Waals surface area contributed by atoms with Gasteiger partial charge in [-0.05, 0) is 42.2 Å². The third-order valence-corrected chi connectivity index (χ3v) is 6.12. The largest absolute Gasteiger partial charge is 0.496 e. The molecular formula is C24H26ClNO6. The Morgan fingerprint density at radius 2 is 1.94 bits per heavy atom. The van der Waals surface area contributed by atoms with Crippen molar-refractivity contribution in [3.05, 3.63) is 64.2 Å². The van der Waals surface area contributed by atoms with Crippen LogP contribution in [0.15, 0.2) is 48.0 Å². The first kappa shape index (κ1) is 23.5. The molecule has 1 heterocycles. The molecule has 0 saturated heterocycles. The van der Waals surface area contributed by atoms with Crippen molar-refractivity contribution < 1.29 is 29.3 Å². The van der Waals surface area contributed by atoms with Crippen LogP contribution in [0, 0.1) is 5.41 Å². The number of carbonyl (C=O) groups is 2. The second-order valence-corrected chi connectivity index (χ2v) is 8.33. The Morgan fingerprint density at radius 3 is 2.62 bits per heavy atom. The molecule has 7 nitrogen and oxygen atoms in total. The fraction of sp³-hybridized carbons (Fsp3) is 0.333. The van der Waals surface area contributed by atoms with Gasteiger partial charge in [0.1, 0.15) is 11.5 Å². The zero-order chi connectivity index (χ0) is 23.3. The SMILES string of the molecule is COc1ccccc1CCOc1ccc(Cl)c2c1NCC(C)(C(=CC(=O)O)C(=O)O)CC2. The van der Waals surface area contributed by atoms with Gasteiger partial charge in [0.05, 0.1) is 25.0 Å². The maximum Gasteiger partial charge on any atom is 0.332 e. The molecule has 0 bridgehead atoms. The lowest BCUT2D eigenvalue weighted by atomic mass is 9.77. The van der Waals surface area contributed by atoms with E-state index in [4.69, 9.17) is 26.2 Å². The van der Waals surface area contributed by atoms with Gasteiger partial charge in [-0.2, -0.15) is 0 Å². The fourth-order valence-corrected chi connectivity index (χ4v) is 4.21. The predicted molar refractivity (Wildman–Crippen MR) is 122 cm³/mol. The van der Waals surface area contributed by atoms with Crippen LogP contribution in [0.2, 0.25) is 5.02 Å². The quantitative estimate of drug-likeness (QED) is 0.501. The molecule has 170 valence electrons. The van der Waals surface area contributed by atoms with Crippen molar-refractivity contribution in [1.82, 2.24) is 0 Å². The Bertz CT molecular complexity index is 1050. The van der Waals surface area contributed by atoms with E-state index in [9.17, 15) is 14.7 Å². The number of methoxy groups -OCH3 is 1. The number of anilines is 1. The number of hydrogen-bond acceptors (Lipinski definition) is 5. The summed E-state index contributed by atoms with van der Waals surface area (Å²) in [5.74, 6) is -1.13. The molecule has 0 radical (unpaired) electrons. The van der Waals surface area contributed by atoms with Crippen molar-refractivity contribution in [2.75, 3.05) is 25.6 Å². The minimum atomic E-state index is -1.29. The van der Waals surface area contributed by atoms with Crippen LogP contribution in [0.4, 0.5) is 5.69 Å². The van der Waals surface area contributed by atoms with Gasteiger partial charge in [-0.15, -0.1) is 0 Å². The third kappa shape index (κ3) is 5.16. The van der Waals surface area contributed by atoms with Crippen molar-refractivity contribution >= 4 is 29.2 Å². The number of carboxylic acid groups (broad SMARTS) is 2. The highest BCUT2D eigenvalue weighted by Crippen LogP contribution is 2.43. The molecule has 8 heteroatoms. The average Bonchev–Trinajstić information content (AvgIpc) is 2.94. The highest BCUT2D eigenvalue weighted by atomic mass is 35.5.